The molecule has 1 rings (SSSR count). The standard InChI is InChI=1S/C13H17ClN2O3/c1-8(9-4-2-3-5-10(9)14)16-13(19)11(15)6-7-12(17)18/h2-5,8,11H,6-7,15H2,1H3,(H,16,19)(H,17,18). The Labute approximate surface area is 116 Å². The van der Waals surface area contributed by atoms with Gasteiger partial charge in [-0.2, -0.15) is 0 Å². The van der Waals surface area contributed by atoms with Gasteiger partial charge in [0.25, 0.3) is 0 Å². The lowest BCUT2D eigenvalue weighted by Gasteiger charge is -2.18. The van der Waals surface area contributed by atoms with Crippen LogP contribution in [0, 0.1) is 0 Å². The molecule has 19 heavy (non-hydrogen) atoms. The maximum atomic E-state index is 11.8. The van der Waals surface area contributed by atoms with Gasteiger partial charge in [-0.15, -0.1) is 0 Å². The molecule has 0 radical (unpaired) electrons. The van der Waals surface area contributed by atoms with E-state index in [1.54, 1.807) is 19.1 Å². The highest BCUT2D eigenvalue weighted by Gasteiger charge is 2.18. The second-order valence-corrected chi connectivity index (χ2v) is 4.70. The predicted molar refractivity (Wildman–Crippen MR) is 72.9 cm³/mol. The number of carbonyl (C=O) groups is 2. The lowest BCUT2D eigenvalue weighted by Crippen LogP contribution is -2.41. The summed E-state index contributed by atoms with van der Waals surface area (Å²) in [5.74, 6) is -1.35. The molecule has 2 unspecified atom stereocenters. The summed E-state index contributed by atoms with van der Waals surface area (Å²) in [6.45, 7) is 1.79. The number of hydrogen-bond acceptors (Lipinski definition) is 3. The summed E-state index contributed by atoms with van der Waals surface area (Å²) in [7, 11) is 0. The third-order valence-electron chi connectivity index (χ3n) is 2.74. The molecule has 0 aliphatic carbocycles. The zero-order chi connectivity index (χ0) is 14.4. The van der Waals surface area contributed by atoms with Crippen LogP contribution in [0.25, 0.3) is 0 Å². The maximum Gasteiger partial charge on any atom is 0.303 e. The molecule has 2 atom stereocenters. The van der Waals surface area contributed by atoms with Gasteiger partial charge >= 0.3 is 5.97 Å². The molecular formula is C13H17ClN2O3. The van der Waals surface area contributed by atoms with Crippen molar-refractivity contribution in [2.45, 2.75) is 31.8 Å². The van der Waals surface area contributed by atoms with E-state index < -0.39 is 12.0 Å². The summed E-state index contributed by atoms with van der Waals surface area (Å²) >= 11 is 6.02. The molecule has 0 aliphatic rings. The van der Waals surface area contributed by atoms with Gasteiger partial charge in [0.05, 0.1) is 12.1 Å². The molecule has 0 saturated carbocycles. The lowest BCUT2D eigenvalue weighted by molar-refractivity contribution is -0.137. The summed E-state index contributed by atoms with van der Waals surface area (Å²) in [5, 5.41) is 11.8. The normalized spacial score (nSPS) is 13.6. The fourth-order valence-electron chi connectivity index (χ4n) is 1.63. The lowest BCUT2D eigenvalue weighted by atomic mass is 10.1. The van der Waals surface area contributed by atoms with E-state index in [4.69, 9.17) is 22.4 Å². The van der Waals surface area contributed by atoms with Crippen molar-refractivity contribution in [2.75, 3.05) is 0 Å². The van der Waals surface area contributed by atoms with Crippen molar-refractivity contribution >= 4 is 23.5 Å². The number of carboxylic acids is 1. The van der Waals surface area contributed by atoms with E-state index in [2.05, 4.69) is 5.32 Å². The molecule has 0 saturated heterocycles. The van der Waals surface area contributed by atoms with Gasteiger partial charge in [0.1, 0.15) is 0 Å². The minimum atomic E-state index is -0.970. The van der Waals surface area contributed by atoms with Crippen molar-refractivity contribution < 1.29 is 14.7 Å². The van der Waals surface area contributed by atoms with Crippen LogP contribution in [0.2, 0.25) is 5.02 Å². The second kappa shape index (κ2) is 7.11. The molecule has 104 valence electrons. The van der Waals surface area contributed by atoms with Crippen molar-refractivity contribution in [1.82, 2.24) is 5.32 Å². The molecule has 6 heteroatoms. The molecule has 4 N–H and O–H groups in total. The van der Waals surface area contributed by atoms with Crippen LogP contribution >= 0.6 is 11.6 Å². The van der Waals surface area contributed by atoms with Crippen LogP contribution in [0.1, 0.15) is 31.4 Å². The minimum Gasteiger partial charge on any atom is -0.481 e. The van der Waals surface area contributed by atoms with Crippen LogP contribution in [0.15, 0.2) is 24.3 Å². The molecule has 0 aliphatic heterocycles. The van der Waals surface area contributed by atoms with Gasteiger partial charge in [-0.25, -0.2) is 0 Å². The summed E-state index contributed by atoms with van der Waals surface area (Å²) in [6.07, 6.45) is -0.0224. The third kappa shape index (κ3) is 4.89. The molecule has 1 aromatic carbocycles. The Kier molecular flexibility index (Phi) is 5.79. The highest BCUT2D eigenvalue weighted by Crippen LogP contribution is 2.22. The first-order valence-electron chi connectivity index (χ1n) is 5.94. The molecule has 0 bridgehead atoms. The van der Waals surface area contributed by atoms with Crippen LogP contribution < -0.4 is 11.1 Å². The first-order chi connectivity index (χ1) is 8.91. The quantitative estimate of drug-likeness (QED) is 0.741. The number of benzene rings is 1. The Morgan fingerprint density at radius 3 is 2.63 bits per heavy atom. The van der Waals surface area contributed by atoms with E-state index in [1.165, 1.54) is 0 Å². The van der Waals surface area contributed by atoms with E-state index in [1.807, 2.05) is 12.1 Å². The van der Waals surface area contributed by atoms with Crippen molar-refractivity contribution in [3.05, 3.63) is 34.9 Å². The number of aliphatic carboxylic acids is 1. The zero-order valence-electron chi connectivity index (χ0n) is 10.6. The van der Waals surface area contributed by atoms with Gasteiger partial charge < -0.3 is 16.2 Å². The summed E-state index contributed by atoms with van der Waals surface area (Å²) < 4.78 is 0. The summed E-state index contributed by atoms with van der Waals surface area (Å²) in [6, 6.07) is 6.07. The van der Waals surface area contributed by atoms with Crippen molar-refractivity contribution in [2.24, 2.45) is 5.73 Å². The summed E-state index contributed by atoms with van der Waals surface area (Å²) in [4.78, 5) is 22.2. The van der Waals surface area contributed by atoms with E-state index in [0.717, 1.165) is 5.56 Å². The molecule has 1 amide bonds. The van der Waals surface area contributed by atoms with Gasteiger partial charge in [-0.05, 0) is 25.0 Å². The Bertz CT molecular complexity index is 465. The second-order valence-electron chi connectivity index (χ2n) is 4.29. The molecular weight excluding hydrogens is 268 g/mol. The largest absolute Gasteiger partial charge is 0.481 e. The topological polar surface area (TPSA) is 92.4 Å². The summed E-state index contributed by atoms with van der Waals surface area (Å²) in [5.41, 5.74) is 6.42. The number of carbonyl (C=O) groups excluding carboxylic acids is 1. The number of nitrogens with two attached hydrogens (primary N) is 1. The van der Waals surface area contributed by atoms with Crippen molar-refractivity contribution in [3.8, 4) is 0 Å². The fraction of sp³-hybridized carbons (Fsp3) is 0.385. The number of nitrogens with one attached hydrogen (secondary N) is 1. The Morgan fingerprint density at radius 2 is 2.05 bits per heavy atom. The van der Waals surface area contributed by atoms with Crippen LogP contribution in [0.3, 0.4) is 0 Å². The van der Waals surface area contributed by atoms with Gasteiger partial charge in [0, 0.05) is 11.4 Å². The van der Waals surface area contributed by atoms with E-state index in [0.29, 0.717) is 5.02 Å². The Hall–Kier alpha value is -1.59. The molecule has 0 heterocycles. The van der Waals surface area contributed by atoms with Crippen LogP contribution in [-0.2, 0) is 9.59 Å². The minimum absolute atomic E-state index is 0.108. The zero-order valence-corrected chi connectivity index (χ0v) is 11.4. The van der Waals surface area contributed by atoms with E-state index in [9.17, 15) is 9.59 Å². The number of amides is 1. The van der Waals surface area contributed by atoms with Crippen molar-refractivity contribution in [1.29, 1.82) is 0 Å². The first kappa shape index (κ1) is 15.5. The van der Waals surface area contributed by atoms with E-state index >= 15 is 0 Å². The average molecular weight is 285 g/mol. The van der Waals surface area contributed by atoms with Gasteiger partial charge in [0.2, 0.25) is 5.91 Å². The average Bonchev–Trinajstić information content (AvgIpc) is 2.36. The number of halogens is 1. The fourth-order valence-corrected chi connectivity index (χ4v) is 1.93. The molecule has 0 spiro atoms. The van der Waals surface area contributed by atoms with Crippen LogP contribution in [-0.4, -0.2) is 23.0 Å². The number of carboxylic acid groups (broad SMARTS) is 1. The molecule has 5 nitrogen and oxygen atoms in total. The van der Waals surface area contributed by atoms with Gasteiger partial charge in [-0.1, -0.05) is 29.8 Å². The highest BCUT2D eigenvalue weighted by atomic mass is 35.5. The third-order valence-corrected chi connectivity index (χ3v) is 3.08. The van der Waals surface area contributed by atoms with Crippen LogP contribution in [0.4, 0.5) is 0 Å². The monoisotopic (exact) mass is 284 g/mol. The maximum absolute atomic E-state index is 11.8. The Balaban J connectivity index is 2.57. The number of rotatable bonds is 6. The SMILES string of the molecule is CC(NC(=O)C(N)CCC(=O)O)c1ccccc1Cl. The Morgan fingerprint density at radius 1 is 1.42 bits per heavy atom. The van der Waals surface area contributed by atoms with Gasteiger partial charge in [0.15, 0.2) is 0 Å². The first-order valence-corrected chi connectivity index (χ1v) is 6.31. The molecule has 0 aromatic heterocycles. The van der Waals surface area contributed by atoms with Gasteiger partial charge in [-0.3, -0.25) is 9.59 Å². The van der Waals surface area contributed by atoms with E-state index in [-0.39, 0.29) is 24.8 Å². The van der Waals surface area contributed by atoms with Crippen molar-refractivity contribution in [3.63, 3.8) is 0 Å². The number of hydrogen-bond donors (Lipinski definition) is 3. The smallest absolute Gasteiger partial charge is 0.303 e. The van der Waals surface area contributed by atoms with Crippen LogP contribution in [0.5, 0.6) is 0 Å². The predicted octanol–water partition coefficient (Wildman–Crippen LogP) is 1.71. The molecule has 0 fully saturated rings. The highest BCUT2D eigenvalue weighted by molar-refractivity contribution is 6.31. The molecule has 1 aromatic rings.